The summed E-state index contributed by atoms with van der Waals surface area (Å²) in [7, 11) is 0. The number of rotatable bonds is 4. The fourth-order valence-electron chi connectivity index (χ4n) is 3.72. The maximum absolute atomic E-state index is 12.4. The van der Waals surface area contributed by atoms with Gasteiger partial charge in [-0.25, -0.2) is 0 Å². The summed E-state index contributed by atoms with van der Waals surface area (Å²) >= 11 is 0. The van der Waals surface area contributed by atoms with E-state index in [1.165, 1.54) is 38.5 Å². The third-order valence-corrected chi connectivity index (χ3v) is 4.57. The number of nitrogens with two attached hydrogens (primary N) is 1. The van der Waals surface area contributed by atoms with Gasteiger partial charge in [-0.3, -0.25) is 4.79 Å². The third-order valence-electron chi connectivity index (χ3n) is 4.57. The van der Waals surface area contributed by atoms with Crippen molar-refractivity contribution in [1.82, 2.24) is 4.90 Å². The van der Waals surface area contributed by atoms with Gasteiger partial charge in [0.1, 0.15) is 0 Å². The van der Waals surface area contributed by atoms with Gasteiger partial charge in [0.05, 0.1) is 6.04 Å². The van der Waals surface area contributed by atoms with E-state index in [4.69, 9.17) is 5.73 Å². The van der Waals surface area contributed by atoms with Gasteiger partial charge in [-0.15, -0.1) is 0 Å². The van der Waals surface area contributed by atoms with E-state index < -0.39 is 0 Å². The molecule has 3 nitrogen and oxygen atoms in total. The minimum absolute atomic E-state index is 0.207. The highest BCUT2D eigenvalue weighted by molar-refractivity contribution is 5.82. The van der Waals surface area contributed by atoms with Crippen molar-refractivity contribution in [2.45, 2.75) is 70.9 Å². The van der Waals surface area contributed by atoms with Gasteiger partial charge >= 0.3 is 0 Å². The molecule has 104 valence electrons. The van der Waals surface area contributed by atoms with Crippen LogP contribution in [0.5, 0.6) is 0 Å². The van der Waals surface area contributed by atoms with Gasteiger partial charge in [0, 0.05) is 12.6 Å². The van der Waals surface area contributed by atoms with Crippen LogP contribution in [0.1, 0.15) is 58.8 Å². The number of likely N-dealkylation sites (tertiary alicyclic amines) is 1. The van der Waals surface area contributed by atoms with Crippen LogP contribution in [-0.4, -0.2) is 29.4 Å². The Labute approximate surface area is 111 Å². The SMILES string of the molecule is CC(C)C[C@H](N)C(=O)N1CCCC1C1CCCC1. The molecule has 0 spiro atoms. The zero-order valence-corrected chi connectivity index (χ0v) is 11.9. The third kappa shape index (κ3) is 3.05. The molecule has 0 bridgehead atoms. The number of nitrogens with zero attached hydrogens (tertiary/aromatic N) is 1. The molecular formula is C15H28N2O. The van der Waals surface area contributed by atoms with Crippen LogP contribution < -0.4 is 5.73 Å². The minimum Gasteiger partial charge on any atom is -0.338 e. The number of carbonyl (C=O) groups excluding carboxylic acids is 1. The lowest BCUT2D eigenvalue weighted by Crippen LogP contribution is -2.48. The summed E-state index contributed by atoms with van der Waals surface area (Å²) in [6.45, 7) is 5.20. The predicted octanol–water partition coefficient (Wildman–Crippen LogP) is 2.54. The van der Waals surface area contributed by atoms with Crippen molar-refractivity contribution in [3.63, 3.8) is 0 Å². The van der Waals surface area contributed by atoms with Crippen molar-refractivity contribution >= 4 is 5.91 Å². The molecule has 0 aromatic rings. The first-order valence-corrected chi connectivity index (χ1v) is 7.65. The van der Waals surface area contributed by atoms with Crippen LogP contribution in [0.2, 0.25) is 0 Å². The van der Waals surface area contributed by atoms with Crippen molar-refractivity contribution in [3.8, 4) is 0 Å². The summed E-state index contributed by atoms with van der Waals surface area (Å²) in [6.07, 6.45) is 8.50. The minimum atomic E-state index is -0.285. The van der Waals surface area contributed by atoms with Crippen LogP contribution in [0, 0.1) is 11.8 Å². The Morgan fingerprint density at radius 3 is 2.50 bits per heavy atom. The van der Waals surface area contributed by atoms with Crippen molar-refractivity contribution in [2.24, 2.45) is 17.6 Å². The molecule has 0 radical (unpaired) electrons. The largest absolute Gasteiger partial charge is 0.338 e. The highest BCUT2D eigenvalue weighted by Gasteiger charge is 2.37. The molecule has 2 rings (SSSR count). The standard InChI is InChI=1S/C15H28N2O/c1-11(2)10-13(16)15(18)17-9-5-8-14(17)12-6-3-4-7-12/h11-14H,3-10,16H2,1-2H3/t13-,14?/m0/s1. The second-order valence-corrected chi connectivity index (χ2v) is 6.52. The predicted molar refractivity (Wildman–Crippen MR) is 74.1 cm³/mol. The summed E-state index contributed by atoms with van der Waals surface area (Å²) in [5, 5.41) is 0. The van der Waals surface area contributed by atoms with E-state index in [2.05, 4.69) is 18.7 Å². The molecule has 2 aliphatic rings. The quantitative estimate of drug-likeness (QED) is 0.835. The molecule has 2 N–H and O–H groups in total. The Morgan fingerprint density at radius 1 is 1.22 bits per heavy atom. The van der Waals surface area contributed by atoms with Gasteiger partial charge in [0.15, 0.2) is 0 Å². The second-order valence-electron chi connectivity index (χ2n) is 6.52. The zero-order valence-electron chi connectivity index (χ0n) is 11.9. The fourth-order valence-corrected chi connectivity index (χ4v) is 3.72. The molecule has 1 unspecified atom stereocenters. The Morgan fingerprint density at radius 2 is 1.89 bits per heavy atom. The van der Waals surface area contributed by atoms with E-state index in [0.29, 0.717) is 12.0 Å². The smallest absolute Gasteiger partial charge is 0.239 e. The van der Waals surface area contributed by atoms with E-state index >= 15 is 0 Å². The van der Waals surface area contributed by atoms with E-state index in [9.17, 15) is 4.79 Å². The van der Waals surface area contributed by atoms with E-state index in [1.807, 2.05) is 0 Å². The van der Waals surface area contributed by atoms with Crippen molar-refractivity contribution in [3.05, 3.63) is 0 Å². The highest BCUT2D eigenvalue weighted by atomic mass is 16.2. The number of amides is 1. The van der Waals surface area contributed by atoms with Crippen LogP contribution in [-0.2, 0) is 4.79 Å². The Kier molecular flexibility index (Phi) is 4.66. The van der Waals surface area contributed by atoms with Gasteiger partial charge in [-0.1, -0.05) is 26.7 Å². The maximum Gasteiger partial charge on any atom is 0.239 e. The van der Waals surface area contributed by atoms with E-state index in [-0.39, 0.29) is 11.9 Å². The second kappa shape index (κ2) is 6.05. The number of carbonyl (C=O) groups is 1. The van der Waals surface area contributed by atoms with Crippen LogP contribution in [0.15, 0.2) is 0 Å². The van der Waals surface area contributed by atoms with E-state index in [0.717, 1.165) is 18.9 Å². The number of hydrogen-bond donors (Lipinski definition) is 1. The molecule has 0 aromatic carbocycles. The zero-order chi connectivity index (χ0) is 13.1. The maximum atomic E-state index is 12.4. The molecule has 1 saturated heterocycles. The molecule has 18 heavy (non-hydrogen) atoms. The summed E-state index contributed by atoms with van der Waals surface area (Å²) < 4.78 is 0. The lowest BCUT2D eigenvalue weighted by Gasteiger charge is -2.31. The molecule has 1 saturated carbocycles. The van der Waals surface area contributed by atoms with Gasteiger partial charge in [0.25, 0.3) is 0 Å². The van der Waals surface area contributed by atoms with Crippen LogP contribution >= 0.6 is 0 Å². The molecule has 0 aromatic heterocycles. The Hall–Kier alpha value is -0.570. The first-order valence-electron chi connectivity index (χ1n) is 7.65. The van der Waals surface area contributed by atoms with Crippen molar-refractivity contribution in [1.29, 1.82) is 0 Å². The lowest BCUT2D eigenvalue weighted by atomic mass is 9.95. The molecule has 1 aliphatic heterocycles. The average molecular weight is 252 g/mol. The average Bonchev–Trinajstić information content (AvgIpc) is 2.97. The van der Waals surface area contributed by atoms with Crippen LogP contribution in [0.25, 0.3) is 0 Å². The molecule has 2 atom stereocenters. The van der Waals surface area contributed by atoms with Crippen LogP contribution in [0.3, 0.4) is 0 Å². The van der Waals surface area contributed by atoms with E-state index in [1.54, 1.807) is 0 Å². The van der Waals surface area contributed by atoms with Gasteiger partial charge in [-0.2, -0.15) is 0 Å². The summed E-state index contributed by atoms with van der Waals surface area (Å²) in [5.41, 5.74) is 6.07. The van der Waals surface area contributed by atoms with Crippen molar-refractivity contribution in [2.75, 3.05) is 6.54 Å². The highest BCUT2D eigenvalue weighted by Crippen LogP contribution is 2.35. The van der Waals surface area contributed by atoms with Crippen LogP contribution in [0.4, 0.5) is 0 Å². The summed E-state index contributed by atoms with van der Waals surface area (Å²) in [6, 6.07) is 0.213. The molecule has 2 fully saturated rings. The first kappa shape index (κ1) is 13.9. The summed E-state index contributed by atoms with van der Waals surface area (Å²) in [4.78, 5) is 14.6. The summed E-state index contributed by atoms with van der Waals surface area (Å²) in [5.74, 6) is 1.46. The molecule has 1 aliphatic carbocycles. The Balaban J connectivity index is 1.95. The first-order chi connectivity index (χ1) is 8.59. The van der Waals surface area contributed by atoms with Gasteiger partial charge in [0.2, 0.25) is 5.91 Å². The molecule has 1 amide bonds. The molecule has 3 heteroatoms. The van der Waals surface area contributed by atoms with Gasteiger partial charge < -0.3 is 10.6 Å². The fraction of sp³-hybridized carbons (Fsp3) is 0.933. The molecular weight excluding hydrogens is 224 g/mol. The van der Waals surface area contributed by atoms with Crippen molar-refractivity contribution < 1.29 is 4.79 Å². The normalized spacial score (nSPS) is 27.1. The van der Waals surface area contributed by atoms with Gasteiger partial charge in [-0.05, 0) is 43.9 Å². The Bertz CT molecular complexity index is 284. The molecule has 1 heterocycles. The lowest BCUT2D eigenvalue weighted by molar-refractivity contribution is -0.134. The monoisotopic (exact) mass is 252 g/mol. The topological polar surface area (TPSA) is 46.3 Å². The number of hydrogen-bond acceptors (Lipinski definition) is 2.